The van der Waals surface area contributed by atoms with Crippen LogP contribution in [0.1, 0.15) is 44.9 Å². The third kappa shape index (κ3) is 3.70. The number of aliphatic hydroxyl groups is 1. The van der Waals surface area contributed by atoms with E-state index in [0.717, 1.165) is 36.2 Å². The molecule has 0 saturated heterocycles. The van der Waals surface area contributed by atoms with E-state index >= 15 is 0 Å². The molecule has 2 aliphatic rings. The molecule has 2 rings (SSSR count). The Balaban J connectivity index is 1.69. The molecule has 1 heterocycles. The van der Waals surface area contributed by atoms with Crippen LogP contribution in [0.2, 0.25) is 0 Å². The average Bonchev–Trinajstić information content (AvgIpc) is 2.38. The molecule has 1 aliphatic carbocycles. The maximum Gasteiger partial charge on any atom is 0.121 e. The van der Waals surface area contributed by atoms with Gasteiger partial charge in [0.25, 0.3) is 0 Å². The van der Waals surface area contributed by atoms with Gasteiger partial charge < -0.3 is 9.84 Å². The Morgan fingerprint density at radius 1 is 1.31 bits per heavy atom. The monoisotopic (exact) mass is 242 g/mol. The fourth-order valence-corrected chi connectivity index (χ4v) is 3.64. The van der Waals surface area contributed by atoms with Crippen LogP contribution in [0.15, 0.2) is 11.8 Å². The van der Waals surface area contributed by atoms with Crippen molar-refractivity contribution in [1.82, 2.24) is 0 Å². The van der Waals surface area contributed by atoms with Crippen molar-refractivity contribution in [1.29, 1.82) is 0 Å². The predicted molar refractivity (Wildman–Crippen MR) is 68.6 cm³/mol. The van der Waals surface area contributed by atoms with E-state index in [2.05, 4.69) is 6.08 Å². The third-order valence-electron chi connectivity index (χ3n) is 3.33. The lowest BCUT2D eigenvalue weighted by Gasteiger charge is -2.24. The lowest BCUT2D eigenvalue weighted by molar-refractivity contribution is 0.104. The molecule has 0 amide bonds. The molecule has 0 radical (unpaired) electrons. The van der Waals surface area contributed by atoms with Crippen molar-refractivity contribution in [2.45, 2.75) is 56.3 Å². The van der Waals surface area contributed by atoms with Gasteiger partial charge in [-0.05, 0) is 31.8 Å². The van der Waals surface area contributed by atoms with E-state index in [9.17, 15) is 5.11 Å². The van der Waals surface area contributed by atoms with E-state index in [-0.39, 0.29) is 6.10 Å². The minimum absolute atomic E-state index is 0.382. The molecule has 0 aromatic heterocycles. The Hall–Kier alpha value is -0.150. The fraction of sp³-hybridized carbons (Fsp3) is 0.846. The van der Waals surface area contributed by atoms with Gasteiger partial charge in [-0.15, -0.1) is 0 Å². The molecule has 1 aliphatic heterocycles. The van der Waals surface area contributed by atoms with E-state index < -0.39 is 0 Å². The molecule has 92 valence electrons. The van der Waals surface area contributed by atoms with E-state index in [1.807, 2.05) is 11.8 Å². The van der Waals surface area contributed by atoms with Crippen LogP contribution < -0.4 is 0 Å². The Labute approximate surface area is 102 Å². The van der Waals surface area contributed by atoms with Crippen LogP contribution in [0, 0.1) is 0 Å². The van der Waals surface area contributed by atoms with Crippen molar-refractivity contribution in [2.75, 3.05) is 12.4 Å². The quantitative estimate of drug-likeness (QED) is 0.821. The molecule has 3 heteroatoms. The zero-order valence-corrected chi connectivity index (χ0v) is 10.7. The van der Waals surface area contributed by atoms with Gasteiger partial charge in [-0.2, -0.15) is 11.8 Å². The summed E-state index contributed by atoms with van der Waals surface area (Å²) in [7, 11) is 0. The van der Waals surface area contributed by atoms with Crippen molar-refractivity contribution >= 4 is 11.8 Å². The average molecular weight is 242 g/mol. The summed E-state index contributed by atoms with van der Waals surface area (Å²) < 4.78 is 5.48. The SMILES string of the molecule is OC(CSC1CCCCC1)C1=CCCCO1. The summed E-state index contributed by atoms with van der Waals surface area (Å²) in [5.74, 6) is 1.62. The molecule has 0 bridgehead atoms. The van der Waals surface area contributed by atoms with Crippen molar-refractivity contribution in [3.05, 3.63) is 11.8 Å². The molecule has 1 atom stereocenters. The van der Waals surface area contributed by atoms with Crippen molar-refractivity contribution in [3.8, 4) is 0 Å². The lowest BCUT2D eigenvalue weighted by atomic mass is 10.0. The zero-order valence-electron chi connectivity index (χ0n) is 9.86. The summed E-state index contributed by atoms with van der Waals surface area (Å²) in [4.78, 5) is 0. The molecule has 0 aromatic carbocycles. The molecule has 1 saturated carbocycles. The Morgan fingerprint density at radius 3 is 2.81 bits per heavy atom. The highest BCUT2D eigenvalue weighted by Gasteiger charge is 2.19. The highest BCUT2D eigenvalue weighted by molar-refractivity contribution is 7.99. The smallest absolute Gasteiger partial charge is 0.121 e. The summed E-state index contributed by atoms with van der Waals surface area (Å²) in [5.41, 5.74) is 0. The van der Waals surface area contributed by atoms with E-state index in [0.29, 0.717) is 0 Å². The van der Waals surface area contributed by atoms with Gasteiger partial charge in [0.15, 0.2) is 0 Å². The van der Waals surface area contributed by atoms with E-state index in [1.54, 1.807) is 0 Å². The van der Waals surface area contributed by atoms with Gasteiger partial charge in [-0.25, -0.2) is 0 Å². The van der Waals surface area contributed by atoms with Crippen LogP contribution in [0.25, 0.3) is 0 Å². The maximum absolute atomic E-state index is 9.99. The molecule has 2 nitrogen and oxygen atoms in total. The second kappa shape index (κ2) is 6.55. The van der Waals surface area contributed by atoms with Gasteiger partial charge >= 0.3 is 0 Å². The highest BCUT2D eigenvalue weighted by Crippen LogP contribution is 2.29. The summed E-state index contributed by atoms with van der Waals surface area (Å²) >= 11 is 1.93. The van der Waals surface area contributed by atoms with Crippen LogP contribution in [0.3, 0.4) is 0 Å². The summed E-state index contributed by atoms with van der Waals surface area (Å²) in [5, 5.41) is 10.8. The molecular formula is C13H22O2S. The zero-order chi connectivity index (χ0) is 11.2. The number of thioether (sulfide) groups is 1. The number of hydrogen-bond acceptors (Lipinski definition) is 3. The van der Waals surface area contributed by atoms with Gasteiger partial charge in [0.2, 0.25) is 0 Å². The summed E-state index contributed by atoms with van der Waals surface area (Å²) in [6.45, 7) is 0.775. The molecular weight excluding hydrogens is 220 g/mol. The van der Waals surface area contributed by atoms with Gasteiger partial charge in [0, 0.05) is 11.0 Å². The van der Waals surface area contributed by atoms with Gasteiger partial charge in [0.1, 0.15) is 11.9 Å². The van der Waals surface area contributed by atoms with Crippen LogP contribution in [0.4, 0.5) is 0 Å². The molecule has 0 spiro atoms. The van der Waals surface area contributed by atoms with Gasteiger partial charge in [-0.1, -0.05) is 19.3 Å². The van der Waals surface area contributed by atoms with Crippen LogP contribution >= 0.6 is 11.8 Å². The van der Waals surface area contributed by atoms with Gasteiger partial charge in [-0.3, -0.25) is 0 Å². The summed E-state index contributed by atoms with van der Waals surface area (Å²) in [6, 6.07) is 0. The largest absolute Gasteiger partial charge is 0.495 e. The van der Waals surface area contributed by atoms with Crippen molar-refractivity contribution in [2.24, 2.45) is 0 Å². The number of ether oxygens (including phenoxy) is 1. The second-order valence-corrected chi connectivity index (χ2v) is 6.04. The van der Waals surface area contributed by atoms with Crippen molar-refractivity contribution in [3.63, 3.8) is 0 Å². The first-order chi connectivity index (χ1) is 7.86. The number of hydrogen-bond donors (Lipinski definition) is 1. The van der Waals surface area contributed by atoms with Crippen LogP contribution in [0.5, 0.6) is 0 Å². The minimum atomic E-state index is -0.382. The van der Waals surface area contributed by atoms with E-state index in [4.69, 9.17) is 4.74 Å². The second-order valence-electron chi connectivity index (χ2n) is 4.71. The predicted octanol–water partition coefficient (Wildman–Crippen LogP) is 3.11. The normalized spacial score (nSPS) is 24.7. The molecule has 1 N–H and O–H groups in total. The van der Waals surface area contributed by atoms with E-state index in [1.165, 1.54) is 32.1 Å². The lowest BCUT2D eigenvalue weighted by Crippen LogP contribution is -2.21. The molecule has 16 heavy (non-hydrogen) atoms. The standard InChI is InChI=1S/C13H22O2S/c14-12(13-8-4-5-9-15-13)10-16-11-6-2-1-3-7-11/h8,11-12,14H,1-7,9-10H2. The Morgan fingerprint density at radius 2 is 2.12 bits per heavy atom. The van der Waals surface area contributed by atoms with Crippen LogP contribution in [-0.2, 0) is 4.74 Å². The minimum Gasteiger partial charge on any atom is -0.495 e. The first-order valence-corrected chi connectivity index (χ1v) is 7.53. The third-order valence-corrected chi connectivity index (χ3v) is 4.78. The number of rotatable bonds is 4. The number of allylic oxidation sites excluding steroid dienone is 1. The fourth-order valence-electron chi connectivity index (χ4n) is 2.35. The summed E-state index contributed by atoms with van der Waals surface area (Å²) in [6.07, 6.45) is 10.6. The Kier molecular flexibility index (Phi) is 5.04. The Bertz CT molecular complexity index is 234. The topological polar surface area (TPSA) is 29.5 Å². The first-order valence-electron chi connectivity index (χ1n) is 6.49. The van der Waals surface area contributed by atoms with Crippen molar-refractivity contribution < 1.29 is 9.84 Å². The maximum atomic E-state index is 9.99. The van der Waals surface area contributed by atoms with Gasteiger partial charge in [0.05, 0.1) is 6.61 Å². The molecule has 1 fully saturated rings. The first kappa shape index (κ1) is 12.3. The number of aliphatic hydroxyl groups excluding tert-OH is 1. The van der Waals surface area contributed by atoms with Crippen LogP contribution in [-0.4, -0.2) is 28.8 Å². The molecule has 0 aromatic rings. The highest BCUT2D eigenvalue weighted by atomic mass is 32.2. The molecule has 1 unspecified atom stereocenters.